The van der Waals surface area contributed by atoms with Gasteiger partial charge in [-0.3, -0.25) is 19.7 Å². The Hall–Kier alpha value is -3.13. The highest BCUT2D eigenvalue weighted by Crippen LogP contribution is 2.28. The predicted molar refractivity (Wildman–Crippen MR) is 115 cm³/mol. The number of piperidine rings is 1. The molecule has 158 valence electrons. The second kappa shape index (κ2) is 9.58. The third kappa shape index (κ3) is 5.27. The number of hydrogen-bond donors (Lipinski definition) is 2. The number of carbonyl (C=O) groups is 2. The molecule has 2 N–H and O–H groups in total. The van der Waals surface area contributed by atoms with Crippen LogP contribution < -0.4 is 10.6 Å². The first-order chi connectivity index (χ1) is 14.3. The number of carbonyl (C=O) groups excluding carboxylic acids is 2. The summed E-state index contributed by atoms with van der Waals surface area (Å²) < 4.78 is 0. The summed E-state index contributed by atoms with van der Waals surface area (Å²) in [7, 11) is 0. The Balaban J connectivity index is 1.70. The van der Waals surface area contributed by atoms with E-state index in [4.69, 9.17) is 11.6 Å². The molecule has 0 unspecified atom stereocenters. The molecule has 1 aliphatic heterocycles. The van der Waals surface area contributed by atoms with Crippen LogP contribution in [0.1, 0.15) is 35.7 Å². The molecule has 2 aromatic carbocycles. The maximum Gasteiger partial charge on any atom is 0.293 e. The zero-order chi connectivity index (χ0) is 21.7. The average Bonchev–Trinajstić information content (AvgIpc) is 2.72. The van der Waals surface area contributed by atoms with E-state index in [9.17, 15) is 19.7 Å². The molecule has 0 saturated carbocycles. The minimum Gasteiger partial charge on any atom is -0.375 e. The van der Waals surface area contributed by atoms with Crippen LogP contribution >= 0.6 is 11.6 Å². The topological polar surface area (TPSA) is 105 Å². The van der Waals surface area contributed by atoms with Crippen molar-refractivity contribution in [2.45, 2.75) is 32.4 Å². The third-order valence-electron chi connectivity index (χ3n) is 5.06. The fourth-order valence-electron chi connectivity index (χ4n) is 3.49. The van der Waals surface area contributed by atoms with Crippen LogP contribution in [0.2, 0.25) is 5.02 Å². The van der Waals surface area contributed by atoms with Gasteiger partial charge in [0.1, 0.15) is 5.69 Å². The maximum absolute atomic E-state index is 12.8. The van der Waals surface area contributed by atoms with Gasteiger partial charge in [-0.1, -0.05) is 29.8 Å². The number of nitro benzene ring substituents is 1. The van der Waals surface area contributed by atoms with Gasteiger partial charge < -0.3 is 15.5 Å². The molecule has 30 heavy (non-hydrogen) atoms. The highest BCUT2D eigenvalue weighted by atomic mass is 35.5. The Bertz CT molecular complexity index is 958. The van der Waals surface area contributed by atoms with Gasteiger partial charge in [0.15, 0.2) is 0 Å². The second-order valence-corrected chi connectivity index (χ2v) is 7.61. The summed E-state index contributed by atoms with van der Waals surface area (Å²) in [6.45, 7) is 2.77. The summed E-state index contributed by atoms with van der Waals surface area (Å²) >= 11 is 6.14. The number of rotatable bonds is 6. The lowest BCUT2D eigenvalue weighted by Gasteiger charge is -2.32. The lowest BCUT2D eigenvalue weighted by atomic mass is 10.0. The predicted octanol–water partition coefficient (Wildman–Crippen LogP) is 3.60. The molecule has 3 rings (SSSR count). The van der Waals surface area contributed by atoms with Gasteiger partial charge in [-0.2, -0.15) is 0 Å². The lowest BCUT2D eigenvalue weighted by Crippen LogP contribution is -2.46. The monoisotopic (exact) mass is 430 g/mol. The van der Waals surface area contributed by atoms with Gasteiger partial charge in [0, 0.05) is 49.3 Å². The Morgan fingerprint density at radius 2 is 1.90 bits per heavy atom. The molecule has 2 aromatic rings. The highest BCUT2D eigenvalue weighted by Gasteiger charge is 2.26. The van der Waals surface area contributed by atoms with Gasteiger partial charge in [0.05, 0.1) is 4.92 Å². The van der Waals surface area contributed by atoms with Crippen molar-refractivity contribution < 1.29 is 14.5 Å². The van der Waals surface area contributed by atoms with Crippen molar-refractivity contribution in [1.29, 1.82) is 0 Å². The first kappa shape index (κ1) is 21.6. The number of nitrogens with one attached hydrogen (secondary N) is 2. The number of benzene rings is 2. The summed E-state index contributed by atoms with van der Waals surface area (Å²) in [6, 6.07) is 11.7. The van der Waals surface area contributed by atoms with Crippen LogP contribution in [0, 0.1) is 10.1 Å². The van der Waals surface area contributed by atoms with Gasteiger partial charge in [-0.05, 0) is 36.6 Å². The number of nitrogens with zero attached hydrogens (tertiary/aromatic N) is 2. The van der Waals surface area contributed by atoms with Crippen molar-refractivity contribution in [1.82, 2.24) is 10.2 Å². The second-order valence-electron chi connectivity index (χ2n) is 7.20. The smallest absolute Gasteiger partial charge is 0.293 e. The number of anilines is 1. The summed E-state index contributed by atoms with van der Waals surface area (Å²) in [5.74, 6) is -0.340. The summed E-state index contributed by atoms with van der Waals surface area (Å²) in [4.78, 5) is 36.7. The Morgan fingerprint density at radius 1 is 1.20 bits per heavy atom. The molecule has 0 aromatic heterocycles. The quantitative estimate of drug-likeness (QED) is 0.538. The first-order valence-corrected chi connectivity index (χ1v) is 10.0. The van der Waals surface area contributed by atoms with Gasteiger partial charge >= 0.3 is 0 Å². The molecule has 1 aliphatic rings. The van der Waals surface area contributed by atoms with Gasteiger partial charge in [0.25, 0.3) is 11.6 Å². The molecular formula is C21H23ClN4O4. The zero-order valence-electron chi connectivity index (χ0n) is 16.6. The first-order valence-electron chi connectivity index (χ1n) is 9.67. The van der Waals surface area contributed by atoms with E-state index in [-0.39, 0.29) is 29.1 Å². The molecule has 0 radical (unpaired) electrons. The molecule has 0 aliphatic carbocycles. The molecule has 2 amide bonds. The van der Waals surface area contributed by atoms with E-state index in [1.807, 2.05) is 18.2 Å². The standard InChI is InChI=1S/C21H23ClN4O4/c1-14(27)24-17-8-10-25(11-9-17)21(28)15-6-7-19(20(12-15)26(29)30)23-13-16-4-2-3-5-18(16)22/h2-7,12,17,23H,8-11,13H2,1H3,(H,24,27). The normalized spacial score (nSPS) is 14.3. The van der Waals surface area contributed by atoms with E-state index in [1.165, 1.54) is 13.0 Å². The van der Waals surface area contributed by atoms with Crippen LogP contribution in [0.3, 0.4) is 0 Å². The molecule has 0 bridgehead atoms. The highest BCUT2D eigenvalue weighted by molar-refractivity contribution is 6.31. The van der Waals surface area contributed by atoms with Gasteiger partial charge in [-0.15, -0.1) is 0 Å². The number of amides is 2. The van der Waals surface area contributed by atoms with Crippen molar-refractivity contribution in [2.24, 2.45) is 0 Å². The molecule has 0 spiro atoms. The SMILES string of the molecule is CC(=O)NC1CCN(C(=O)c2ccc(NCc3ccccc3Cl)c([N+](=O)[O-])c2)CC1. The molecule has 8 nitrogen and oxygen atoms in total. The fourth-order valence-corrected chi connectivity index (χ4v) is 3.70. The molecular weight excluding hydrogens is 408 g/mol. The van der Waals surface area contributed by atoms with E-state index in [0.29, 0.717) is 43.2 Å². The summed E-state index contributed by atoms with van der Waals surface area (Å²) in [5, 5.41) is 18.0. The molecule has 9 heteroatoms. The van der Waals surface area contributed by atoms with Gasteiger partial charge in [0.2, 0.25) is 5.91 Å². The van der Waals surface area contributed by atoms with Crippen molar-refractivity contribution >= 4 is 34.8 Å². The van der Waals surface area contributed by atoms with Crippen LogP contribution in [0.5, 0.6) is 0 Å². The largest absolute Gasteiger partial charge is 0.375 e. The maximum atomic E-state index is 12.8. The zero-order valence-corrected chi connectivity index (χ0v) is 17.3. The van der Waals surface area contributed by atoms with Crippen molar-refractivity contribution in [3.05, 3.63) is 68.7 Å². The van der Waals surface area contributed by atoms with E-state index in [2.05, 4.69) is 10.6 Å². The van der Waals surface area contributed by atoms with Crippen molar-refractivity contribution in [3.63, 3.8) is 0 Å². The van der Waals surface area contributed by atoms with Gasteiger partial charge in [-0.25, -0.2) is 0 Å². The number of likely N-dealkylation sites (tertiary alicyclic amines) is 1. The number of hydrogen-bond acceptors (Lipinski definition) is 5. The minimum absolute atomic E-state index is 0.0530. The van der Waals surface area contributed by atoms with E-state index in [1.54, 1.807) is 23.1 Å². The van der Waals surface area contributed by atoms with Crippen molar-refractivity contribution in [2.75, 3.05) is 18.4 Å². The third-order valence-corrected chi connectivity index (χ3v) is 5.43. The van der Waals surface area contributed by atoms with E-state index >= 15 is 0 Å². The Labute approximate surface area is 179 Å². The molecule has 0 atom stereocenters. The number of halogens is 1. The molecule has 1 saturated heterocycles. The average molecular weight is 431 g/mol. The van der Waals surface area contributed by atoms with Crippen LogP contribution in [-0.4, -0.2) is 40.8 Å². The Morgan fingerprint density at radius 3 is 2.53 bits per heavy atom. The minimum atomic E-state index is -0.505. The van der Waals surface area contributed by atoms with Crippen LogP contribution in [0.4, 0.5) is 11.4 Å². The molecule has 1 fully saturated rings. The number of nitro groups is 1. The van der Waals surface area contributed by atoms with Crippen LogP contribution in [0.25, 0.3) is 0 Å². The van der Waals surface area contributed by atoms with Crippen molar-refractivity contribution in [3.8, 4) is 0 Å². The van der Waals surface area contributed by atoms with E-state index in [0.717, 1.165) is 5.56 Å². The fraction of sp³-hybridized carbons (Fsp3) is 0.333. The summed E-state index contributed by atoms with van der Waals surface area (Å²) in [5.41, 5.74) is 1.24. The van der Waals surface area contributed by atoms with Crippen LogP contribution in [-0.2, 0) is 11.3 Å². The Kier molecular flexibility index (Phi) is 6.89. The van der Waals surface area contributed by atoms with Crippen LogP contribution in [0.15, 0.2) is 42.5 Å². The molecule has 1 heterocycles. The lowest BCUT2D eigenvalue weighted by molar-refractivity contribution is -0.384. The van der Waals surface area contributed by atoms with E-state index < -0.39 is 4.92 Å². The summed E-state index contributed by atoms with van der Waals surface area (Å²) in [6.07, 6.45) is 1.32.